The normalized spacial score (nSPS) is 13.4. The molecule has 2 aromatic rings. The van der Waals surface area contributed by atoms with Crippen LogP contribution in [0.5, 0.6) is 11.5 Å². The first-order valence-electron chi connectivity index (χ1n) is 8.79. The van der Waals surface area contributed by atoms with E-state index in [0.29, 0.717) is 11.3 Å². The molecular formula is C20H27F3N2O2. The lowest BCUT2D eigenvalue weighted by molar-refractivity contribution is -0.274. The molecule has 0 bridgehead atoms. The first-order chi connectivity index (χ1) is 13.0. The maximum Gasteiger partial charge on any atom is 0.573 e. The summed E-state index contributed by atoms with van der Waals surface area (Å²) in [6, 6.07) is 15.8. The molecule has 0 unspecified atom stereocenters. The summed E-state index contributed by atoms with van der Waals surface area (Å²) >= 11 is 0. The van der Waals surface area contributed by atoms with Crippen LogP contribution in [0.1, 0.15) is 24.8 Å². The average molecular weight is 384 g/mol. The van der Waals surface area contributed by atoms with Crippen molar-refractivity contribution in [3.63, 3.8) is 0 Å². The summed E-state index contributed by atoms with van der Waals surface area (Å²) in [6.45, 7) is 2.58. The van der Waals surface area contributed by atoms with E-state index < -0.39 is 6.36 Å². The Morgan fingerprint density at radius 2 is 1.52 bits per heavy atom. The quantitative estimate of drug-likeness (QED) is 0.818. The molecule has 0 aromatic heterocycles. The van der Waals surface area contributed by atoms with Crippen molar-refractivity contribution >= 4 is 0 Å². The molecule has 1 aliphatic heterocycles. The van der Waals surface area contributed by atoms with Crippen LogP contribution in [0, 0.1) is 0 Å². The van der Waals surface area contributed by atoms with Crippen LogP contribution in [-0.4, -0.2) is 26.6 Å². The highest BCUT2D eigenvalue weighted by molar-refractivity contribution is 5.40. The van der Waals surface area contributed by atoms with E-state index in [4.69, 9.17) is 10.5 Å². The number of halogens is 3. The molecule has 0 amide bonds. The number of hydrogen-bond acceptors (Lipinski definition) is 4. The SMILES string of the molecule is C1CCNCC1.COc1ccc(OC(F)(F)F)cc1CN.c1ccccc1. The van der Waals surface area contributed by atoms with Gasteiger partial charge in [0.05, 0.1) is 7.11 Å². The van der Waals surface area contributed by atoms with E-state index in [-0.39, 0.29) is 12.3 Å². The topological polar surface area (TPSA) is 56.5 Å². The van der Waals surface area contributed by atoms with Crippen molar-refractivity contribution in [1.82, 2.24) is 5.32 Å². The summed E-state index contributed by atoms with van der Waals surface area (Å²) in [5.74, 6) is 0.135. The number of alkyl halides is 3. The maximum absolute atomic E-state index is 11.9. The maximum atomic E-state index is 11.9. The number of benzene rings is 2. The van der Waals surface area contributed by atoms with E-state index in [2.05, 4.69) is 10.1 Å². The van der Waals surface area contributed by atoms with E-state index >= 15 is 0 Å². The van der Waals surface area contributed by atoms with Crippen LogP contribution >= 0.6 is 0 Å². The number of piperidine rings is 1. The lowest BCUT2D eigenvalue weighted by Crippen LogP contribution is -2.21. The second-order valence-electron chi connectivity index (χ2n) is 5.69. The molecule has 0 saturated carbocycles. The molecular weight excluding hydrogens is 357 g/mol. The van der Waals surface area contributed by atoms with Crippen LogP contribution in [0.25, 0.3) is 0 Å². The van der Waals surface area contributed by atoms with Crippen molar-refractivity contribution in [1.29, 1.82) is 0 Å². The van der Waals surface area contributed by atoms with E-state index in [9.17, 15) is 13.2 Å². The summed E-state index contributed by atoms with van der Waals surface area (Å²) < 4.78 is 44.3. The fourth-order valence-electron chi connectivity index (χ4n) is 2.30. The van der Waals surface area contributed by atoms with Crippen molar-refractivity contribution in [2.24, 2.45) is 5.73 Å². The van der Waals surface area contributed by atoms with Gasteiger partial charge in [0.2, 0.25) is 0 Å². The fourth-order valence-corrected chi connectivity index (χ4v) is 2.30. The Hall–Kier alpha value is -2.25. The van der Waals surface area contributed by atoms with Gasteiger partial charge in [0.25, 0.3) is 0 Å². The van der Waals surface area contributed by atoms with Crippen molar-refractivity contribution < 1.29 is 22.6 Å². The van der Waals surface area contributed by atoms with Gasteiger partial charge in [0.15, 0.2) is 0 Å². The summed E-state index contributed by atoms with van der Waals surface area (Å²) in [6.07, 6.45) is -0.479. The van der Waals surface area contributed by atoms with Crippen molar-refractivity contribution in [2.45, 2.75) is 32.2 Å². The Morgan fingerprint density at radius 3 is 1.85 bits per heavy atom. The fraction of sp³-hybridized carbons (Fsp3) is 0.400. The van der Waals surface area contributed by atoms with Gasteiger partial charge in [-0.05, 0) is 44.1 Å². The minimum atomic E-state index is -4.69. The molecule has 0 spiro atoms. The zero-order valence-corrected chi connectivity index (χ0v) is 15.5. The Kier molecular flexibility index (Phi) is 11.0. The highest BCUT2D eigenvalue weighted by atomic mass is 19.4. The van der Waals surface area contributed by atoms with Crippen LogP contribution in [0.2, 0.25) is 0 Å². The van der Waals surface area contributed by atoms with Gasteiger partial charge in [-0.25, -0.2) is 0 Å². The zero-order chi connectivity index (χ0) is 20.0. The van der Waals surface area contributed by atoms with Crippen LogP contribution in [0.4, 0.5) is 13.2 Å². The van der Waals surface area contributed by atoms with Crippen LogP contribution in [0.3, 0.4) is 0 Å². The molecule has 3 N–H and O–H groups in total. The van der Waals surface area contributed by atoms with E-state index in [1.807, 2.05) is 36.4 Å². The Balaban J connectivity index is 0.000000246. The van der Waals surface area contributed by atoms with Gasteiger partial charge < -0.3 is 20.5 Å². The highest BCUT2D eigenvalue weighted by Gasteiger charge is 2.31. The summed E-state index contributed by atoms with van der Waals surface area (Å²) in [5, 5.41) is 3.28. The molecule has 0 radical (unpaired) electrons. The predicted molar refractivity (Wildman–Crippen MR) is 101 cm³/mol. The van der Waals surface area contributed by atoms with Gasteiger partial charge in [-0.15, -0.1) is 13.2 Å². The third-order valence-electron chi connectivity index (χ3n) is 3.58. The van der Waals surface area contributed by atoms with Crippen molar-refractivity contribution in [2.75, 3.05) is 20.2 Å². The lowest BCUT2D eigenvalue weighted by Gasteiger charge is -2.11. The smallest absolute Gasteiger partial charge is 0.496 e. The molecule has 4 nitrogen and oxygen atoms in total. The van der Waals surface area contributed by atoms with Gasteiger partial charge in [-0.1, -0.05) is 42.8 Å². The molecule has 7 heteroatoms. The van der Waals surface area contributed by atoms with Gasteiger partial charge in [-0.2, -0.15) is 0 Å². The third kappa shape index (κ3) is 11.1. The second-order valence-corrected chi connectivity index (χ2v) is 5.69. The molecule has 3 rings (SSSR count). The molecule has 27 heavy (non-hydrogen) atoms. The van der Waals surface area contributed by atoms with Gasteiger partial charge in [0, 0.05) is 12.1 Å². The molecule has 0 aliphatic carbocycles. The molecule has 2 aromatic carbocycles. The highest BCUT2D eigenvalue weighted by Crippen LogP contribution is 2.27. The molecule has 0 atom stereocenters. The molecule has 1 heterocycles. The lowest BCUT2D eigenvalue weighted by atomic mass is 10.2. The predicted octanol–water partition coefficient (Wildman–Crippen LogP) is 4.50. The largest absolute Gasteiger partial charge is 0.573 e. The molecule has 1 fully saturated rings. The summed E-state index contributed by atoms with van der Waals surface area (Å²) in [4.78, 5) is 0. The third-order valence-corrected chi connectivity index (χ3v) is 3.58. The molecule has 1 aliphatic rings. The standard InChI is InChI=1S/C9H10F3NO2.C6H6.C5H11N/c1-14-8-3-2-7(4-6(8)5-13)15-9(10,11)12;2*1-2-4-6-5-3-1/h2-4H,5,13H2,1H3;1-6H;6H,1-5H2. The Bertz CT molecular complexity index is 580. The Labute approximate surface area is 158 Å². The van der Waals surface area contributed by atoms with E-state index in [1.54, 1.807) is 0 Å². The number of nitrogens with one attached hydrogen (secondary N) is 1. The first-order valence-corrected chi connectivity index (χ1v) is 8.79. The molecule has 150 valence electrons. The first kappa shape index (κ1) is 22.8. The summed E-state index contributed by atoms with van der Waals surface area (Å²) in [5.41, 5.74) is 5.80. The number of rotatable bonds is 3. The monoisotopic (exact) mass is 384 g/mol. The Morgan fingerprint density at radius 1 is 0.963 bits per heavy atom. The average Bonchev–Trinajstić information content (AvgIpc) is 2.70. The second kappa shape index (κ2) is 13.0. The van der Waals surface area contributed by atoms with Crippen LogP contribution in [-0.2, 0) is 6.54 Å². The number of nitrogens with two attached hydrogens (primary N) is 1. The van der Waals surface area contributed by atoms with Crippen molar-refractivity contribution in [3.05, 3.63) is 60.2 Å². The minimum absolute atomic E-state index is 0.0816. The number of ether oxygens (including phenoxy) is 2. The van der Waals surface area contributed by atoms with Crippen LogP contribution in [0.15, 0.2) is 54.6 Å². The van der Waals surface area contributed by atoms with Crippen molar-refractivity contribution in [3.8, 4) is 11.5 Å². The van der Waals surface area contributed by atoms with Crippen LogP contribution < -0.4 is 20.5 Å². The van der Waals surface area contributed by atoms with Gasteiger partial charge >= 0.3 is 6.36 Å². The van der Waals surface area contributed by atoms with Gasteiger partial charge in [0.1, 0.15) is 11.5 Å². The number of hydrogen-bond donors (Lipinski definition) is 2. The molecule has 1 saturated heterocycles. The minimum Gasteiger partial charge on any atom is -0.496 e. The van der Waals surface area contributed by atoms with E-state index in [0.717, 1.165) is 0 Å². The van der Waals surface area contributed by atoms with Gasteiger partial charge in [-0.3, -0.25) is 0 Å². The van der Waals surface area contributed by atoms with E-state index in [1.165, 1.54) is 57.7 Å². The number of methoxy groups -OCH3 is 1. The zero-order valence-electron chi connectivity index (χ0n) is 15.5. The summed E-state index contributed by atoms with van der Waals surface area (Å²) in [7, 11) is 1.42.